The number of nitrogens with zero attached hydrogens (tertiary/aromatic N) is 3. The molecule has 28 heavy (non-hydrogen) atoms. The van der Waals surface area contributed by atoms with E-state index in [2.05, 4.69) is 16.9 Å². The molecule has 0 unspecified atom stereocenters. The van der Waals surface area contributed by atoms with Crippen molar-refractivity contribution in [1.82, 2.24) is 9.78 Å². The van der Waals surface area contributed by atoms with E-state index in [0.717, 1.165) is 27.9 Å². The maximum absolute atomic E-state index is 12.9. The molecule has 3 nitrogen and oxygen atoms in total. The van der Waals surface area contributed by atoms with Crippen molar-refractivity contribution >= 4 is 23.2 Å². The Kier molecular flexibility index (Phi) is 5.38. The zero-order chi connectivity index (χ0) is 20.5. The maximum Gasteiger partial charge on any atom is 0.416 e. The third-order valence-corrected chi connectivity index (χ3v) is 4.36. The Hall–Kier alpha value is -2.93. The van der Waals surface area contributed by atoms with E-state index in [-0.39, 0.29) is 21.4 Å². The normalized spacial score (nSPS) is 10.9. The second-order valence-corrected chi connectivity index (χ2v) is 6.66. The molecular formula is C20H10Cl2F3N3. The molecule has 0 radical (unpaired) electrons. The van der Waals surface area contributed by atoms with E-state index in [9.17, 15) is 18.4 Å². The average Bonchev–Trinajstić information content (AvgIpc) is 3.02. The average molecular weight is 420 g/mol. The van der Waals surface area contributed by atoms with Crippen molar-refractivity contribution in [2.75, 3.05) is 0 Å². The molecular weight excluding hydrogens is 410 g/mol. The fourth-order valence-electron chi connectivity index (χ4n) is 2.39. The van der Waals surface area contributed by atoms with Gasteiger partial charge in [0.1, 0.15) is 11.8 Å². The lowest BCUT2D eigenvalue weighted by Crippen LogP contribution is -2.07. The highest BCUT2D eigenvalue weighted by Crippen LogP contribution is 2.37. The number of alkyl halides is 3. The van der Waals surface area contributed by atoms with Crippen LogP contribution in [0, 0.1) is 30.1 Å². The largest absolute Gasteiger partial charge is 0.416 e. The van der Waals surface area contributed by atoms with E-state index < -0.39 is 11.7 Å². The van der Waals surface area contributed by atoms with Crippen LogP contribution in [0.3, 0.4) is 0 Å². The molecule has 2 aromatic carbocycles. The molecule has 0 aliphatic rings. The summed E-state index contributed by atoms with van der Waals surface area (Å²) in [6.45, 7) is 1.95. The molecule has 0 spiro atoms. The van der Waals surface area contributed by atoms with Crippen LogP contribution in [0.5, 0.6) is 0 Å². The van der Waals surface area contributed by atoms with Crippen LogP contribution >= 0.6 is 23.2 Å². The van der Waals surface area contributed by atoms with Gasteiger partial charge in [0.25, 0.3) is 0 Å². The first-order valence-corrected chi connectivity index (χ1v) is 8.59. The Morgan fingerprint density at radius 3 is 2.18 bits per heavy atom. The lowest BCUT2D eigenvalue weighted by Gasteiger charge is -2.12. The summed E-state index contributed by atoms with van der Waals surface area (Å²) < 4.78 is 39.8. The number of halogens is 5. The second-order valence-electron chi connectivity index (χ2n) is 5.85. The molecule has 0 N–H and O–H groups in total. The van der Waals surface area contributed by atoms with Gasteiger partial charge in [-0.1, -0.05) is 52.7 Å². The fraction of sp³-hybridized carbons (Fsp3) is 0.100. The summed E-state index contributed by atoms with van der Waals surface area (Å²) in [6.07, 6.45) is -3.18. The summed E-state index contributed by atoms with van der Waals surface area (Å²) in [5.41, 5.74) is 1.20. The number of rotatable bonds is 1. The van der Waals surface area contributed by atoms with Gasteiger partial charge in [0.15, 0.2) is 5.69 Å². The van der Waals surface area contributed by atoms with Crippen LogP contribution in [-0.4, -0.2) is 9.78 Å². The van der Waals surface area contributed by atoms with Gasteiger partial charge in [-0.2, -0.15) is 23.5 Å². The first kappa shape index (κ1) is 19.8. The fourth-order valence-corrected chi connectivity index (χ4v) is 3.05. The van der Waals surface area contributed by atoms with Gasteiger partial charge in [0, 0.05) is 11.8 Å². The molecule has 1 aromatic heterocycles. The number of hydrogen-bond acceptors (Lipinski definition) is 2. The standard InChI is InChI=1S/C20H10Cl2F3N3/c1-12-2-4-13(5-3-12)6-7-14-11-28(27-18(14)10-26)19-16(21)8-15(9-17(19)22)20(23,24)25/h2-5,8-9,11H,1H3. The Balaban J connectivity index is 2.04. The lowest BCUT2D eigenvalue weighted by molar-refractivity contribution is -0.137. The molecule has 0 aliphatic heterocycles. The quantitative estimate of drug-likeness (QED) is 0.469. The SMILES string of the molecule is Cc1ccc(C#Cc2cn(-c3c(Cl)cc(C(F)(F)F)cc3Cl)nc2C#N)cc1. The molecule has 0 aliphatic carbocycles. The van der Waals surface area contributed by atoms with Crippen LogP contribution in [0.1, 0.15) is 27.9 Å². The Bertz CT molecular complexity index is 1120. The van der Waals surface area contributed by atoms with E-state index in [0.29, 0.717) is 5.56 Å². The van der Waals surface area contributed by atoms with Crippen molar-refractivity contribution in [3.8, 4) is 23.6 Å². The van der Waals surface area contributed by atoms with Crippen LogP contribution < -0.4 is 0 Å². The zero-order valence-corrected chi connectivity index (χ0v) is 15.8. The first-order valence-electron chi connectivity index (χ1n) is 7.84. The van der Waals surface area contributed by atoms with Crippen molar-refractivity contribution < 1.29 is 13.2 Å². The van der Waals surface area contributed by atoms with E-state index in [4.69, 9.17) is 23.2 Å². The van der Waals surface area contributed by atoms with Crippen LogP contribution in [0.25, 0.3) is 5.69 Å². The van der Waals surface area contributed by atoms with Crippen molar-refractivity contribution in [3.63, 3.8) is 0 Å². The Labute approximate surface area is 168 Å². The smallest absolute Gasteiger partial charge is 0.235 e. The molecule has 0 bridgehead atoms. The van der Waals surface area contributed by atoms with Gasteiger partial charge in [-0.3, -0.25) is 0 Å². The molecule has 8 heteroatoms. The maximum atomic E-state index is 12.9. The number of benzene rings is 2. The van der Waals surface area contributed by atoms with Crippen molar-refractivity contribution in [1.29, 1.82) is 5.26 Å². The van der Waals surface area contributed by atoms with Crippen molar-refractivity contribution in [2.24, 2.45) is 0 Å². The highest BCUT2D eigenvalue weighted by molar-refractivity contribution is 6.37. The number of hydrogen-bond donors (Lipinski definition) is 0. The van der Waals surface area contributed by atoms with E-state index >= 15 is 0 Å². The minimum atomic E-state index is -4.58. The summed E-state index contributed by atoms with van der Waals surface area (Å²) in [5.74, 6) is 5.76. The topological polar surface area (TPSA) is 41.6 Å². The minimum Gasteiger partial charge on any atom is -0.235 e. The van der Waals surface area contributed by atoms with E-state index in [1.165, 1.54) is 6.20 Å². The molecule has 0 fully saturated rings. The first-order chi connectivity index (χ1) is 13.2. The van der Waals surface area contributed by atoms with Crippen LogP contribution in [-0.2, 0) is 6.18 Å². The third kappa shape index (κ3) is 4.14. The molecule has 0 saturated carbocycles. The summed E-state index contributed by atoms with van der Waals surface area (Å²) in [5, 5.41) is 12.8. The third-order valence-electron chi connectivity index (χ3n) is 3.79. The molecule has 0 saturated heterocycles. The van der Waals surface area contributed by atoms with Gasteiger partial charge in [-0.05, 0) is 31.2 Å². The lowest BCUT2D eigenvalue weighted by atomic mass is 10.1. The molecule has 0 atom stereocenters. The highest BCUT2D eigenvalue weighted by atomic mass is 35.5. The van der Waals surface area contributed by atoms with Gasteiger partial charge < -0.3 is 0 Å². The van der Waals surface area contributed by atoms with Crippen LogP contribution in [0.2, 0.25) is 10.0 Å². The molecule has 1 heterocycles. The van der Waals surface area contributed by atoms with Crippen molar-refractivity contribution in [2.45, 2.75) is 13.1 Å². The minimum absolute atomic E-state index is 0.00615. The monoisotopic (exact) mass is 419 g/mol. The summed E-state index contributed by atoms with van der Waals surface area (Å²) in [6, 6.07) is 10.9. The van der Waals surface area contributed by atoms with Gasteiger partial charge in [-0.15, -0.1) is 0 Å². The summed E-state index contributed by atoms with van der Waals surface area (Å²) in [4.78, 5) is 0. The predicted molar refractivity (Wildman–Crippen MR) is 100 cm³/mol. The molecule has 0 amide bonds. The highest BCUT2D eigenvalue weighted by Gasteiger charge is 2.32. The number of aryl methyl sites for hydroxylation is 1. The van der Waals surface area contributed by atoms with E-state index in [1.54, 1.807) is 0 Å². The number of nitriles is 1. The van der Waals surface area contributed by atoms with Crippen molar-refractivity contribution in [3.05, 3.63) is 80.6 Å². The molecule has 140 valence electrons. The van der Waals surface area contributed by atoms with Gasteiger partial charge in [0.2, 0.25) is 0 Å². The van der Waals surface area contributed by atoms with Gasteiger partial charge in [-0.25, -0.2) is 4.68 Å². The van der Waals surface area contributed by atoms with Gasteiger partial charge in [0.05, 0.1) is 21.2 Å². The molecule has 3 rings (SSSR count). The summed E-state index contributed by atoms with van der Waals surface area (Å²) in [7, 11) is 0. The second kappa shape index (κ2) is 7.59. The van der Waals surface area contributed by atoms with Gasteiger partial charge >= 0.3 is 6.18 Å². The Morgan fingerprint density at radius 1 is 1.04 bits per heavy atom. The van der Waals surface area contributed by atoms with E-state index in [1.807, 2.05) is 37.3 Å². The number of aromatic nitrogens is 2. The summed E-state index contributed by atoms with van der Waals surface area (Å²) >= 11 is 12.0. The predicted octanol–water partition coefficient (Wildman–Crippen LogP) is 5.78. The molecule has 3 aromatic rings. The van der Waals surface area contributed by atoms with Crippen LogP contribution in [0.15, 0.2) is 42.6 Å². The van der Waals surface area contributed by atoms with Crippen LogP contribution in [0.4, 0.5) is 13.2 Å². The zero-order valence-electron chi connectivity index (χ0n) is 14.3. The Morgan fingerprint density at radius 2 is 1.64 bits per heavy atom.